The van der Waals surface area contributed by atoms with Crippen molar-refractivity contribution in [1.82, 2.24) is 0 Å². The lowest BCUT2D eigenvalue weighted by Gasteiger charge is -2.24. The number of hydrogen-bond acceptors (Lipinski definition) is 8. The van der Waals surface area contributed by atoms with Crippen molar-refractivity contribution in [1.29, 1.82) is 0 Å². The molecule has 0 aliphatic heterocycles. The van der Waals surface area contributed by atoms with Gasteiger partial charge in [0, 0.05) is 32.5 Å². The highest BCUT2D eigenvalue weighted by Gasteiger charge is 2.16. The molecule has 0 unspecified atom stereocenters. The topological polar surface area (TPSA) is 65.4 Å². The first-order valence-electron chi connectivity index (χ1n) is 14.7. The molecule has 2 aromatic heterocycles. The molecule has 0 atom stereocenters. The number of ether oxygens (including phenoxy) is 2. The zero-order valence-electron chi connectivity index (χ0n) is 25.5. The second kappa shape index (κ2) is 14.5. The lowest BCUT2D eigenvalue weighted by molar-refractivity contribution is 0.281. The molecule has 0 spiro atoms. The third-order valence-electron chi connectivity index (χ3n) is 7.49. The second-order valence-electron chi connectivity index (χ2n) is 10.4. The lowest BCUT2D eigenvalue weighted by atomic mass is 10.2. The predicted octanol–water partition coefficient (Wildman–Crippen LogP) is 9.92. The smallest absolute Gasteiger partial charge is 0.119 e. The van der Waals surface area contributed by atoms with E-state index in [1.54, 1.807) is 36.9 Å². The SMILES string of the molecule is COc1ccc(N(c2ccc(CO)cc2)c2ccc(/C=C/c3ccc(N(c4ccc(CO)cc4)c4ccc(OC)cc4)s3)s2)cc1. The molecule has 8 heteroatoms. The summed E-state index contributed by atoms with van der Waals surface area (Å²) in [6, 6.07) is 40.5. The Kier molecular flexibility index (Phi) is 9.81. The number of anilines is 6. The van der Waals surface area contributed by atoms with Crippen LogP contribution in [0, 0.1) is 0 Å². The molecule has 6 nitrogen and oxygen atoms in total. The molecule has 0 fully saturated rings. The molecule has 0 saturated carbocycles. The quantitative estimate of drug-likeness (QED) is 0.138. The van der Waals surface area contributed by atoms with E-state index in [0.29, 0.717) is 0 Å². The minimum atomic E-state index is 0.00897. The van der Waals surface area contributed by atoms with Gasteiger partial charge in [-0.1, -0.05) is 24.3 Å². The first-order valence-corrected chi connectivity index (χ1v) is 16.4. The standard InChI is InChI=1S/C38H34N2O4S2/c1-43-33-15-11-31(12-16-33)39(29-7-3-27(25-41)4-8-29)37-23-21-35(45-37)19-20-36-22-24-38(46-36)40(30-9-5-28(26-42)6-10-30)32-13-17-34(44-2)18-14-32/h3-24,41-42H,25-26H2,1-2H3/b20-19+. The Morgan fingerprint density at radius 3 is 1.11 bits per heavy atom. The van der Waals surface area contributed by atoms with E-state index in [-0.39, 0.29) is 13.2 Å². The number of aliphatic hydroxyl groups excluding tert-OH is 2. The van der Waals surface area contributed by atoms with Crippen LogP contribution in [0.15, 0.2) is 121 Å². The molecular formula is C38H34N2O4S2. The molecule has 0 aliphatic carbocycles. The van der Waals surface area contributed by atoms with Crippen molar-refractivity contribution in [3.05, 3.63) is 142 Å². The van der Waals surface area contributed by atoms with Crippen LogP contribution >= 0.6 is 22.7 Å². The van der Waals surface area contributed by atoms with Crippen molar-refractivity contribution >= 4 is 67.6 Å². The van der Waals surface area contributed by atoms with Gasteiger partial charge in [0.15, 0.2) is 0 Å². The Hall–Kier alpha value is -4.86. The number of methoxy groups -OCH3 is 2. The summed E-state index contributed by atoms with van der Waals surface area (Å²) in [5.74, 6) is 1.61. The van der Waals surface area contributed by atoms with Crippen molar-refractivity contribution in [3.8, 4) is 11.5 Å². The highest BCUT2D eigenvalue weighted by molar-refractivity contribution is 7.18. The van der Waals surface area contributed by atoms with Gasteiger partial charge in [0.2, 0.25) is 0 Å². The first kappa shape index (κ1) is 31.1. The molecule has 6 rings (SSSR count). The molecule has 6 aromatic rings. The van der Waals surface area contributed by atoms with Gasteiger partial charge in [-0.15, -0.1) is 22.7 Å². The number of nitrogens with zero attached hydrogens (tertiary/aromatic N) is 2. The van der Waals surface area contributed by atoms with E-state index in [1.807, 2.05) is 97.1 Å². The van der Waals surface area contributed by atoms with Gasteiger partial charge in [-0.05, 0) is 120 Å². The largest absolute Gasteiger partial charge is 0.497 e. The van der Waals surface area contributed by atoms with E-state index in [0.717, 1.165) is 65.1 Å². The van der Waals surface area contributed by atoms with Crippen molar-refractivity contribution in [3.63, 3.8) is 0 Å². The van der Waals surface area contributed by atoms with Crippen molar-refractivity contribution < 1.29 is 19.7 Å². The van der Waals surface area contributed by atoms with Crippen LogP contribution in [0.4, 0.5) is 32.8 Å². The van der Waals surface area contributed by atoms with Crippen molar-refractivity contribution in [2.75, 3.05) is 24.0 Å². The van der Waals surface area contributed by atoms with Gasteiger partial charge in [-0.3, -0.25) is 0 Å². The first-order chi connectivity index (χ1) is 22.6. The van der Waals surface area contributed by atoms with E-state index in [1.165, 1.54) is 0 Å². The molecular weight excluding hydrogens is 613 g/mol. The van der Waals surface area contributed by atoms with Crippen molar-refractivity contribution in [2.24, 2.45) is 0 Å². The van der Waals surface area contributed by atoms with Crippen LogP contribution in [0.5, 0.6) is 11.5 Å². The molecule has 0 bridgehead atoms. The van der Waals surface area contributed by atoms with Crippen LogP contribution in [-0.4, -0.2) is 24.4 Å². The van der Waals surface area contributed by atoms with Crippen LogP contribution < -0.4 is 19.3 Å². The summed E-state index contributed by atoms with van der Waals surface area (Å²) < 4.78 is 10.8. The molecule has 0 radical (unpaired) electrons. The van der Waals surface area contributed by atoms with Gasteiger partial charge in [-0.2, -0.15) is 0 Å². The Morgan fingerprint density at radius 2 is 0.804 bits per heavy atom. The minimum absolute atomic E-state index is 0.00897. The summed E-state index contributed by atoms with van der Waals surface area (Å²) >= 11 is 3.41. The fourth-order valence-electron chi connectivity index (χ4n) is 5.04. The summed E-state index contributed by atoms with van der Waals surface area (Å²) in [5, 5.41) is 21.3. The summed E-state index contributed by atoms with van der Waals surface area (Å²) in [5.41, 5.74) is 5.79. The number of thiophene rings is 2. The average Bonchev–Trinajstić information content (AvgIpc) is 3.79. The maximum atomic E-state index is 9.55. The third-order valence-corrected chi connectivity index (χ3v) is 9.56. The van der Waals surface area contributed by atoms with Crippen LogP contribution in [0.3, 0.4) is 0 Å². The van der Waals surface area contributed by atoms with E-state index >= 15 is 0 Å². The summed E-state index contributed by atoms with van der Waals surface area (Å²) in [6.45, 7) is 0.0179. The van der Waals surface area contributed by atoms with Crippen LogP contribution in [0.2, 0.25) is 0 Å². The maximum absolute atomic E-state index is 9.55. The fraction of sp³-hybridized carbons (Fsp3) is 0.105. The second-order valence-corrected chi connectivity index (χ2v) is 12.6. The van der Waals surface area contributed by atoms with Crippen LogP contribution in [0.25, 0.3) is 12.2 Å². The summed E-state index contributed by atoms with van der Waals surface area (Å²) in [4.78, 5) is 6.67. The highest BCUT2D eigenvalue weighted by Crippen LogP contribution is 2.42. The van der Waals surface area contributed by atoms with Crippen LogP contribution in [0.1, 0.15) is 20.9 Å². The minimum Gasteiger partial charge on any atom is -0.497 e. The molecule has 2 N–H and O–H groups in total. The van der Waals surface area contributed by atoms with Crippen LogP contribution in [-0.2, 0) is 13.2 Å². The molecule has 2 heterocycles. The Labute approximate surface area is 277 Å². The van der Waals surface area contributed by atoms with E-state index in [9.17, 15) is 10.2 Å². The monoisotopic (exact) mass is 646 g/mol. The summed E-state index contributed by atoms with van der Waals surface area (Å²) in [7, 11) is 3.33. The average molecular weight is 647 g/mol. The predicted molar refractivity (Wildman–Crippen MR) is 192 cm³/mol. The maximum Gasteiger partial charge on any atom is 0.119 e. The number of benzene rings is 4. The Balaban J connectivity index is 1.27. The van der Waals surface area contributed by atoms with Gasteiger partial charge < -0.3 is 29.5 Å². The number of rotatable bonds is 12. The van der Waals surface area contributed by atoms with Gasteiger partial charge in [0.1, 0.15) is 21.5 Å². The van der Waals surface area contributed by atoms with E-state index in [4.69, 9.17) is 9.47 Å². The third kappa shape index (κ3) is 7.01. The number of aliphatic hydroxyl groups is 2. The van der Waals surface area contributed by atoms with Gasteiger partial charge in [0.25, 0.3) is 0 Å². The lowest BCUT2D eigenvalue weighted by Crippen LogP contribution is -2.08. The van der Waals surface area contributed by atoms with Gasteiger partial charge >= 0.3 is 0 Å². The zero-order chi connectivity index (χ0) is 31.9. The van der Waals surface area contributed by atoms with E-state index < -0.39 is 0 Å². The van der Waals surface area contributed by atoms with Gasteiger partial charge in [0.05, 0.1) is 27.4 Å². The molecule has 232 valence electrons. The molecule has 0 saturated heterocycles. The van der Waals surface area contributed by atoms with E-state index in [2.05, 4.69) is 46.2 Å². The highest BCUT2D eigenvalue weighted by atomic mass is 32.1. The Morgan fingerprint density at radius 1 is 0.478 bits per heavy atom. The van der Waals surface area contributed by atoms with Crippen molar-refractivity contribution in [2.45, 2.75) is 13.2 Å². The normalized spacial score (nSPS) is 11.1. The van der Waals surface area contributed by atoms with Gasteiger partial charge in [-0.25, -0.2) is 0 Å². The fourth-order valence-corrected chi connectivity index (χ4v) is 6.94. The molecule has 0 aliphatic rings. The Bertz CT molecular complexity index is 1640. The zero-order valence-corrected chi connectivity index (χ0v) is 27.2. The number of hydrogen-bond donors (Lipinski definition) is 2. The molecule has 0 amide bonds. The molecule has 4 aromatic carbocycles. The molecule has 46 heavy (non-hydrogen) atoms. The summed E-state index contributed by atoms with van der Waals surface area (Å²) in [6.07, 6.45) is 4.30.